The lowest BCUT2D eigenvalue weighted by Gasteiger charge is -2.32. The summed E-state index contributed by atoms with van der Waals surface area (Å²) in [4.78, 5) is 0. The van der Waals surface area contributed by atoms with Gasteiger partial charge in [-0.1, -0.05) is 101 Å². The van der Waals surface area contributed by atoms with Crippen LogP contribution in [0, 0.1) is 23.7 Å². The minimum atomic E-state index is 0.415. The van der Waals surface area contributed by atoms with Gasteiger partial charge in [0, 0.05) is 17.1 Å². The number of benzene rings is 1. The molecule has 0 heterocycles. The molecule has 0 aliphatic heterocycles. The third-order valence-corrected chi connectivity index (χ3v) is 7.52. The molecular formula is C32H41O. The van der Waals surface area contributed by atoms with Crippen molar-refractivity contribution in [3.8, 4) is 5.75 Å². The molecule has 3 unspecified atom stereocenters. The van der Waals surface area contributed by atoms with Gasteiger partial charge < -0.3 is 4.74 Å². The van der Waals surface area contributed by atoms with Gasteiger partial charge in [-0.05, 0) is 68.2 Å². The van der Waals surface area contributed by atoms with Crippen LogP contribution < -0.4 is 4.74 Å². The molecule has 1 aromatic carbocycles. The van der Waals surface area contributed by atoms with Crippen LogP contribution in [0.1, 0.15) is 67.2 Å². The zero-order chi connectivity index (χ0) is 24.1. The van der Waals surface area contributed by atoms with Gasteiger partial charge in [-0.25, -0.2) is 0 Å². The van der Waals surface area contributed by atoms with Crippen molar-refractivity contribution >= 4 is 0 Å². The zero-order valence-corrected chi connectivity index (χ0v) is 21.5. The third-order valence-electron chi connectivity index (χ3n) is 7.52. The highest BCUT2D eigenvalue weighted by Crippen LogP contribution is 2.44. The summed E-state index contributed by atoms with van der Waals surface area (Å²) in [6, 6.07) is 10.2. The normalized spacial score (nSPS) is 26.1. The Kier molecular flexibility index (Phi) is 8.40. The molecule has 1 radical (unpaired) electrons. The monoisotopic (exact) mass is 441 g/mol. The second-order valence-corrected chi connectivity index (χ2v) is 10.1. The predicted octanol–water partition coefficient (Wildman–Crippen LogP) is 9.34. The van der Waals surface area contributed by atoms with Crippen LogP contribution in [0.3, 0.4) is 0 Å². The van der Waals surface area contributed by atoms with Crippen LogP contribution in [-0.2, 0) is 0 Å². The number of hydrogen-bond acceptors (Lipinski definition) is 1. The fraction of sp³-hybridized carbons (Fsp3) is 0.406. The smallest absolute Gasteiger partial charge is 0.138 e. The van der Waals surface area contributed by atoms with Crippen LogP contribution in [0.15, 0.2) is 101 Å². The zero-order valence-electron chi connectivity index (χ0n) is 21.5. The van der Waals surface area contributed by atoms with Crippen molar-refractivity contribution in [2.24, 2.45) is 17.8 Å². The molecule has 0 N–H and O–H groups in total. The Morgan fingerprint density at radius 2 is 1.61 bits per heavy atom. The van der Waals surface area contributed by atoms with Gasteiger partial charge in [0.25, 0.3) is 0 Å². The first kappa shape index (κ1) is 25.1. The standard InChI is InChI=1S/C32H41O/c1-21(2)30(28-19-13-12-15-23(5)25(28)7)32(33-27-17-10-9-11-18-27)31(22(3)4)29-20-14-16-24(6)26(29)8/h9-11,14,16-18,20,23,25,28H,1,3,12-13,15,19H2,2,4-8H3/b31-29+,32-30-. The summed E-state index contributed by atoms with van der Waals surface area (Å²) in [5.74, 6) is 4.72. The van der Waals surface area contributed by atoms with E-state index in [4.69, 9.17) is 4.74 Å². The Morgan fingerprint density at radius 1 is 0.939 bits per heavy atom. The Labute approximate surface area is 202 Å². The van der Waals surface area contributed by atoms with E-state index >= 15 is 0 Å². The van der Waals surface area contributed by atoms with Crippen molar-refractivity contribution < 1.29 is 4.74 Å². The maximum Gasteiger partial charge on any atom is 0.138 e. The van der Waals surface area contributed by atoms with E-state index < -0.39 is 0 Å². The molecule has 3 atom stereocenters. The van der Waals surface area contributed by atoms with E-state index in [0.29, 0.717) is 17.8 Å². The van der Waals surface area contributed by atoms with Gasteiger partial charge in [-0.15, -0.1) is 0 Å². The third kappa shape index (κ3) is 5.69. The Morgan fingerprint density at radius 3 is 2.24 bits per heavy atom. The van der Waals surface area contributed by atoms with Gasteiger partial charge in [0.1, 0.15) is 11.5 Å². The highest BCUT2D eigenvalue weighted by atomic mass is 16.5. The second-order valence-electron chi connectivity index (χ2n) is 10.1. The van der Waals surface area contributed by atoms with E-state index in [0.717, 1.165) is 28.2 Å². The number of allylic oxidation sites excluding steroid dienone is 8. The molecule has 1 fully saturated rings. The summed E-state index contributed by atoms with van der Waals surface area (Å²) < 4.78 is 6.81. The number of rotatable bonds is 6. The van der Waals surface area contributed by atoms with E-state index in [1.54, 1.807) is 0 Å². The average molecular weight is 442 g/mol. The Hall–Kier alpha value is -2.54. The van der Waals surface area contributed by atoms with Crippen molar-refractivity contribution in [2.45, 2.75) is 67.2 Å². The maximum atomic E-state index is 6.81. The first-order valence-corrected chi connectivity index (χ1v) is 12.4. The summed E-state index contributed by atoms with van der Waals surface area (Å²) in [7, 11) is 0. The van der Waals surface area contributed by atoms with Crippen LogP contribution in [0.4, 0.5) is 0 Å². The van der Waals surface area contributed by atoms with Crippen LogP contribution in [0.25, 0.3) is 0 Å². The first-order valence-electron chi connectivity index (χ1n) is 12.4. The van der Waals surface area contributed by atoms with Crippen LogP contribution in [-0.4, -0.2) is 0 Å². The van der Waals surface area contributed by atoms with Gasteiger partial charge in [-0.2, -0.15) is 0 Å². The first-order chi connectivity index (χ1) is 15.7. The molecule has 2 aliphatic carbocycles. The molecule has 175 valence electrons. The molecule has 0 bridgehead atoms. The van der Waals surface area contributed by atoms with Crippen molar-refractivity contribution in [2.75, 3.05) is 0 Å². The summed E-state index contributed by atoms with van der Waals surface area (Å²) >= 11 is 0. The molecule has 3 rings (SSSR count). The highest BCUT2D eigenvalue weighted by molar-refractivity contribution is 5.63. The summed E-state index contributed by atoms with van der Waals surface area (Å²) in [6.07, 6.45) is 11.5. The second kappa shape index (κ2) is 11.1. The summed E-state index contributed by atoms with van der Waals surface area (Å²) in [5, 5.41) is 0. The molecule has 1 saturated carbocycles. The van der Waals surface area contributed by atoms with E-state index in [1.807, 2.05) is 30.3 Å². The van der Waals surface area contributed by atoms with E-state index in [-0.39, 0.29) is 0 Å². The quantitative estimate of drug-likeness (QED) is 0.243. The van der Waals surface area contributed by atoms with Gasteiger partial charge in [0.2, 0.25) is 0 Å². The summed E-state index contributed by atoms with van der Waals surface area (Å²) in [6.45, 7) is 22.3. The molecule has 0 aromatic heterocycles. The largest absolute Gasteiger partial charge is 0.456 e. The van der Waals surface area contributed by atoms with E-state index in [9.17, 15) is 0 Å². The topological polar surface area (TPSA) is 9.23 Å². The molecule has 0 amide bonds. The lowest BCUT2D eigenvalue weighted by atomic mass is 9.74. The molecule has 33 heavy (non-hydrogen) atoms. The van der Waals surface area contributed by atoms with Crippen molar-refractivity contribution in [3.05, 3.63) is 107 Å². The minimum Gasteiger partial charge on any atom is -0.456 e. The molecule has 1 heteroatoms. The number of para-hydroxylation sites is 1. The molecule has 1 aromatic rings. The SMILES string of the molecule is C=C(C)C(=C1/C=CC=C(C)[C]1C)/C(Oc1ccccc1)=C(\C(=C)C)C1CCCCC(C)C1C. The lowest BCUT2D eigenvalue weighted by Crippen LogP contribution is -2.23. The van der Waals surface area contributed by atoms with Gasteiger partial charge >= 0.3 is 0 Å². The number of hydrogen-bond donors (Lipinski definition) is 0. The molecule has 1 nitrogen and oxygen atoms in total. The predicted molar refractivity (Wildman–Crippen MR) is 143 cm³/mol. The van der Waals surface area contributed by atoms with Gasteiger partial charge in [0.05, 0.1) is 0 Å². The molecular weight excluding hydrogens is 400 g/mol. The molecule has 2 aliphatic rings. The van der Waals surface area contributed by atoms with Crippen LogP contribution >= 0.6 is 0 Å². The minimum absolute atomic E-state index is 0.415. The Bertz CT molecular complexity index is 998. The lowest BCUT2D eigenvalue weighted by molar-refractivity contribution is 0.290. The fourth-order valence-corrected chi connectivity index (χ4v) is 5.25. The van der Waals surface area contributed by atoms with Gasteiger partial charge in [0.15, 0.2) is 0 Å². The highest BCUT2D eigenvalue weighted by Gasteiger charge is 2.33. The number of ether oxygens (including phenoxy) is 1. The van der Waals surface area contributed by atoms with Crippen molar-refractivity contribution in [1.82, 2.24) is 0 Å². The molecule has 0 spiro atoms. The fourth-order valence-electron chi connectivity index (χ4n) is 5.25. The van der Waals surface area contributed by atoms with Crippen molar-refractivity contribution in [1.29, 1.82) is 0 Å². The molecule has 0 saturated heterocycles. The average Bonchev–Trinajstić information content (AvgIpc) is 2.93. The maximum absolute atomic E-state index is 6.81. The van der Waals surface area contributed by atoms with Crippen LogP contribution in [0.5, 0.6) is 5.75 Å². The Balaban J connectivity index is 2.32. The van der Waals surface area contributed by atoms with E-state index in [1.165, 1.54) is 48.3 Å². The van der Waals surface area contributed by atoms with Crippen LogP contribution in [0.2, 0.25) is 0 Å². The van der Waals surface area contributed by atoms with Gasteiger partial charge in [-0.3, -0.25) is 0 Å². The summed E-state index contributed by atoms with van der Waals surface area (Å²) in [5.41, 5.74) is 6.94. The van der Waals surface area contributed by atoms with Crippen molar-refractivity contribution in [3.63, 3.8) is 0 Å². The van der Waals surface area contributed by atoms with E-state index in [2.05, 4.69) is 72.9 Å².